The van der Waals surface area contributed by atoms with Gasteiger partial charge in [0.1, 0.15) is 5.75 Å². The highest BCUT2D eigenvalue weighted by atomic mass is 16.5. The molecular formula is C13H16N2O. The normalized spacial score (nSPS) is 12.1. The largest absolute Gasteiger partial charge is 0.496 e. The molecule has 0 bridgehead atoms. The van der Waals surface area contributed by atoms with Crippen molar-refractivity contribution in [2.45, 2.75) is 13.0 Å². The molecule has 0 saturated heterocycles. The SMILES string of the molecule is COc1ccccc1C(C)Nn1cccc1. The van der Waals surface area contributed by atoms with Crippen molar-refractivity contribution in [3.8, 4) is 5.75 Å². The van der Waals surface area contributed by atoms with Gasteiger partial charge in [-0.15, -0.1) is 0 Å². The zero-order valence-electron chi connectivity index (χ0n) is 9.55. The first-order chi connectivity index (χ1) is 7.81. The molecular weight excluding hydrogens is 200 g/mol. The quantitative estimate of drug-likeness (QED) is 0.850. The number of methoxy groups -OCH3 is 1. The van der Waals surface area contributed by atoms with E-state index in [1.807, 2.05) is 47.4 Å². The van der Waals surface area contributed by atoms with Gasteiger partial charge in [0.15, 0.2) is 0 Å². The van der Waals surface area contributed by atoms with E-state index < -0.39 is 0 Å². The molecule has 0 saturated carbocycles. The van der Waals surface area contributed by atoms with Crippen molar-refractivity contribution in [2.24, 2.45) is 0 Å². The third kappa shape index (κ3) is 2.19. The van der Waals surface area contributed by atoms with Crippen LogP contribution in [-0.4, -0.2) is 11.8 Å². The number of rotatable bonds is 4. The molecule has 2 aromatic rings. The van der Waals surface area contributed by atoms with Gasteiger partial charge >= 0.3 is 0 Å². The van der Waals surface area contributed by atoms with Gasteiger partial charge in [-0.1, -0.05) is 18.2 Å². The molecule has 0 fully saturated rings. The van der Waals surface area contributed by atoms with Gasteiger partial charge < -0.3 is 10.2 Å². The number of para-hydroxylation sites is 1. The molecule has 0 aliphatic carbocycles. The van der Waals surface area contributed by atoms with Gasteiger partial charge in [0.2, 0.25) is 0 Å². The van der Waals surface area contributed by atoms with Crippen LogP contribution in [0, 0.1) is 0 Å². The summed E-state index contributed by atoms with van der Waals surface area (Å²) in [5.74, 6) is 0.912. The third-order valence-electron chi connectivity index (χ3n) is 2.55. The first kappa shape index (κ1) is 10.6. The minimum atomic E-state index is 0.198. The van der Waals surface area contributed by atoms with E-state index in [0.29, 0.717) is 0 Å². The minimum Gasteiger partial charge on any atom is -0.496 e. The van der Waals surface area contributed by atoms with E-state index in [4.69, 9.17) is 4.74 Å². The van der Waals surface area contributed by atoms with Crippen LogP contribution in [0.3, 0.4) is 0 Å². The summed E-state index contributed by atoms with van der Waals surface area (Å²) in [7, 11) is 1.70. The Labute approximate surface area is 95.6 Å². The predicted octanol–water partition coefficient (Wildman–Crippen LogP) is 2.80. The summed E-state index contributed by atoms with van der Waals surface area (Å²) in [6.45, 7) is 2.11. The Bertz CT molecular complexity index is 437. The molecule has 1 heterocycles. The summed E-state index contributed by atoms with van der Waals surface area (Å²) >= 11 is 0. The van der Waals surface area contributed by atoms with Gasteiger partial charge in [0.25, 0.3) is 0 Å². The van der Waals surface area contributed by atoms with Crippen molar-refractivity contribution in [2.75, 3.05) is 12.5 Å². The maximum Gasteiger partial charge on any atom is 0.124 e. The third-order valence-corrected chi connectivity index (χ3v) is 2.55. The Morgan fingerprint density at radius 1 is 1.12 bits per heavy atom. The van der Waals surface area contributed by atoms with E-state index in [2.05, 4.69) is 18.4 Å². The lowest BCUT2D eigenvalue weighted by atomic mass is 10.1. The highest BCUT2D eigenvalue weighted by Crippen LogP contribution is 2.24. The molecule has 1 aromatic heterocycles. The second kappa shape index (κ2) is 4.75. The average Bonchev–Trinajstić information content (AvgIpc) is 2.81. The van der Waals surface area contributed by atoms with Crippen molar-refractivity contribution < 1.29 is 4.74 Å². The van der Waals surface area contributed by atoms with Gasteiger partial charge in [0, 0.05) is 18.0 Å². The number of aromatic nitrogens is 1. The number of hydrogen-bond acceptors (Lipinski definition) is 2. The van der Waals surface area contributed by atoms with Crippen LogP contribution >= 0.6 is 0 Å². The number of ether oxygens (including phenoxy) is 1. The monoisotopic (exact) mass is 216 g/mol. The lowest BCUT2D eigenvalue weighted by Gasteiger charge is -2.18. The zero-order valence-corrected chi connectivity index (χ0v) is 9.55. The van der Waals surface area contributed by atoms with Crippen molar-refractivity contribution in [1.29, 1.82) is 0 Å². The molecule has 0 amide bonds. The molecule has 84 valence electrons. The maximum absolute atomic E-state index is 5.34. The standard InChI is InChI=1S/C13H16N2O/c1-11(14-15-9-5-6-10-15)12-7-3-4-8-13(12)16-2/h3-11,14H,1-2H3. The fraction of sp³-hybridized carbons (Fsp3) is 0.231. The minimum absolute atomic E-state index is 0.198. The number of benzene rings is 1. The van der Waals surface area contributed by atoms with E-state index in [0.717, 1.165) is 11.3 Å². The smallest absolute Gasteiger partial charge is 0.124 e. The van der Waals surface area contributed by atoms with E-state index >= 15 is 0 Å². The van der Waals surface area contributed by atoms with Crippen LogP contribution < -0.4 is 10.2 Å². The average molecular weight is 216 g/mol. The Kier molecular flexibility index (Phi) is 3.15. The van der Waals surface area contributed by atoms with Gasteiger partial charge in [0.05, 0.1) is 13.2 Å². The molecule has 3 nitrogen and oxygen atoms in total. The van der Waals surface area contributed by atoms with Crippen molar-refractivity contribution in [3.63, 3.8) is 0 Å². The summed E-state index contributed by atoms with van der Waals surface area (Å²) < 4.78 is 7.28. The first-order valence-electron chi connectivity index (χ1n) is 5.33. The van der Waals surface area contributed by atoms with Gasteiger partial charge in [-0.3, -0.25) is 4.68 Å². The molecule has 1 atom stereocenters. The molecule has 0 aliphatic rings. The molecule has 0 radical (unpaired) electrons. The Balaban J connectivity index is 2.17. The lowest BCUT2D eigenvalue weighted by molar-refractivity contribution is 0.407. The molecule has 0 aliphatic heterocycles. The van der Waals surface area contributed by atoms with E-state index in [1.165, 1.54) is 0 Å². The van der Waals surface area contributed by atoms with Gasteiger partial charge in [-0.05, 0) is 25.1 Å². The van der Waals surface area contributed by atoms with Crippen LogP contribution in [-0.2, 0) is 0 Å². The van der Waals surface area contributed by atoms with Crippen LogP contribution in [0.5, 0.6) is 5.75 Å². The molecule has 2 rings (SSSR count). The molecule has 16 heavy (non-hydrogen) atoms. The fourth-order valence-electron chi connectivity index (χ4n) is 1.74. The van der Waals surface area contributed by atoms with E-state index in [9.17, 15) is 0 Å². The molecule has 3 heteroatoms. The predicted molar refractivity (Wildman–Crippen MR) is 65.2 cm³/mol. The molecule has 1 N–H and O–H groups in total. The summed E-state index contributed by atoms with van der Waals surface area (Å²) in [5, 5.41) is 0. The van der Waals surface area contributed by atoms with E-state index in [-0.39, 0.29) is 6.04 Å². The zero-order chi connectivity index (χ0) is 11.4. The Hall–Kier alpha value is -1.90. The van der Waals surface area contributed by atoms with Crippen molar-refractivity contribution in [1.82, 2.24) is 4.68 Å². The van der Waals surface area contributed by atoms with Crippen LogP contribution in [0.15, 0.2) is 48.8 Å². The van der Waals surface area contributed by atoms with E-state index in [1.54, 1.807) is 7.11 Å². The second-order valence-electron chi connectivity index (χ2n) is 3.68. The van der Waals surface area contributed by atoms with Crippen LogP contribution in [0.4, 0.5) is 0 Å². The summed E-state index contributed by atoms with van der Waals surface area (Å²) in [5.41, 5.74) is 4.50. The molecule has 1 unspecified atom stereocenters. The molecule has 1 aromatic carbocycles. The summed E-state index contributed by atoms with van der Waals surface area (Å²) in [6.07, 6.45) is 3.96. The highest BCUT2D eigenvalue weighted by Gasteiger charge is 2.09. The van der Waals surface area contributed by atoms with Crippen LogP contribution in [0.25, 0.3) is 0 Å². The van der Waals surface area contributed by atoms with Gasteiger partial charge in [-0.25, -0.2) is 0 Å². The second-order valence-corrected chi connectivity index (χ2v) is 3.68. The van der Waals surface area contributed by atoms with Crippen molar-refractivity contribution in [3.05, 3.63) is 54.4 Å². The number of nitrogens with one attached hydrogen (secondary N) is 1. The van der Waals surface area contributed by atoms with Crippen LogP contribution in [0.2, 0.25) is 0 Å². The first-order valence-corrected chi connectivity index (χ1v) is 5.33. The fourth-order valence-corrected chi connectivity index (χ4v) is 1.74. The van der Waals surface area contributed by atoms with Gasteiger partial charge in [-0.2, -0.15) is 0 Å². The lowest BCUT2D eigenvalue weighted by Crippen LogP contribution is -2.17. The molecule has 0 spiro atoms. The number of nitrogens with zero attached hydrogens (tertiary/aromatic N) is 1. The summed E-state index contributed by atoms with van der Waals surface area (Å²) in [4.78, 5) is 0. The van der Waals surface area contributed by atoms with Crippen LogP contribution in [0.1, 0.15) is 18.5 Å². The summed E-state index contributed by atoms with van der Waals surface area (Å²) in [6, 6.07) is 12.2. The van der Waals surface area contributed by atoms with Crippen molar-refractivity contribution >= 4 is 0 Å². The Morgan fingerprint density at radius 3 is 2.50 bits per heavy atom. The maximum atomic E-state index is 5.34. The number of hydrogen-bond donors (Lipinski definition) is 1. The topological polar surface area (TPSA) is 26.2 Å². The highest BCUT2D eigenvalue weighted by molar-refractivity contribution is 5.36. The Morgan fingerprint density at radius 2 is 1.81 bits per heavy atom.